The lowest BCUT2D eigenvalue weighted by Crippen LogP contribution is -2.05. The molecule has 0 aliphatic carbocycles. The third-order valence-corrected chi connectivity index (χ3v) is 3.98. The maximum Gasteiger partial charge on any atom is 0.232 e. The van der Waals surface area contributed by atoms with Crippen LogP contribution in [0.2, 0.25) is 5.02 Å². The molecule has 0 saturated heterocycles. The minimum atomic E-state index is -0.515. The second-order valence-corrected chi connectivity index (χ2v) is 6.16. The van der Waals surface area contributed by atoms with Gasteiger partial charge in [-0.1, -0.05) is 29.8 Å². The fourth-order valence-electron chi connectivity index (χ4n) is 2.38. The van der Waals surface area contributed by atoms with E-state index >= 15 is 0 Å². The third kappa shape index (κ3) is 4.04. The normalized spacial score (nSPS) is 12.0. The minimum absolute atomic E-state index is 0.118. The Morgan fingerprint density at radius 3 is 2.48 bits per heavy atom. The Bertz CT molecular complexity index is 896. The number of nitrogens with one attached hydrogen (secondary N) is 1. The van der Waals surface area contributed by atoms with Gasteiger partial charge in [-0.05, 0) is 49.2 Å². The Kier molecular flexibility index (Phi) is 4.83. The Balaban J connectivity index is 1.93. The van der Waals surface area contributed by atoms with E-state index in [0.29, 0.717) is 16.8 Å². The van der Waals surface area contributed by atoms with Crippen molar-refractivity contribution in [3.05, 3.63) is 58.6 Å². The molecule has 25 heavy (non-hydrogen) atoms. The fourth-order valence-corrected chi connectivity index (χ4v) is 2.55. The molecule has 4 N–H and O–H groups in total. The van der Waals surface area contributed by atoms with Crippen LogP contribution in [0.25, 0.3) is 11.4 Å². The van der Waals surface area contributed by atoms with Crippen LogP contribution >= 0.6 is 11.6 Å². The summed E-state index contributed by atoms with van der Waals surface area (Å²) in [6.45, 7) is 3.67. The first kappa shape index (κ1) is 17.1. The average molecular weight is 356 g/mol. The van der Waals surface area contributed by atoms with Crippen molar-refractivity contribution in [2.45, 2.75) is 20.0 Å². The molecular weight excluding hydrogens is 338 g/mol. The number of nitrogens with two attached hydrogens (primary N) is 1. The van der Waals surface area contributed by atoms with E-state index in [-0.39, 0.29) is 5.95 Å². The van der Waals surface area contributed by atoms with Gasteiger partial charge in [0.05, 0.1) is 6.10 Å². The number of halogens is 1. The number of aliphatic hydroxyl groups is 1. The van der Waals surface area contributed by atoms with E-state index < -0.39 is 6.10 Å². The lowest BCUT2D eigenvalue weighted by Gasteiger charge is -2.10. The number of nitrogen functional groups attached to an aromatic ring is 1. The number of benzene rings is 2. The van der Waals surface area contributed by atoms with Crippen molar-refractivity contribution in [2.75, 3.05) is 11.1 Å². The summed E-state index contributed by atoms with van der Waals surface area (Å²) in [5.74, 6) is 0.912. The highest BCUT2D eigenvalue weighted by atomic mass is 35.5. The maximum absolute atomic E-state index is 9.57. The second-order valence-electron chi connectivity index (χ2n) is 5.72. The molecule has 7 heteroatoms. The van der Waals surface area contributed by atoms with Gasteiger partial charge in [0.1, 0.15) is 0 Å². The molecule has 0 bridgehead atoms. The van der Waals surface area contributed by atoms with E-state index in [1.54, 1.807) is 13.0 Å². The molecule has 0 spiro atoms. The number of aryl methyl sites for hydroxylation is 1. The molecule has 0 fully saturated rings. The zero-order valence-corrected chi connectivity index (χ0v) is 14.6. The quantitative estimate of drug-likeness (QED) is 0.657. The summed E-state index contributed by atoms with van der Waals surface area (Å²) in [4.78, 5) is 12.8. The minimum Gasteiger partial charge on any atom is -0.389 e. The third-order valence-electron chi connectivity index (χ3n) is 3.74. The zero-order valence-electron chi connectivity index (χ0n) is 13.9. The van der Waals surface area contributed by atoms with E-state index in [2.05, 4.69) is 20.3 Å². The van der Waals surface area contributed by atoms with Crippen molar-refractivity contribution in [3.8, 4) is 11.4 Å². The molecule has 3 rings (SSSR count). The van der Waals surface area contributed by atoms with Crippen molar-refractivity contribution in [1.82, 2.24) is 15.0 Å². The molecule has 0 radical (unpaired) electrons. The molecule has 1 atom stereocenters. The fraction of sp³-hybridized carbons (Fsp3) is 0.167. The van der Waals surface area contributed by atoms with Gasteiger partial charge in [-0.25, -0.2) is 0 Å². The number of aliphatic hydroxyl groups excluding tert-OH is 1. The molecule has 128 valence electrons. The van der Waals surface area contributed by atoms with Crippen LogP contribution in [0.15, 0.2) is 42.5 Å². The second kappa shape index (κ2) is 7.04. The first-order valence-corrected chi connectivity index (χ1v) is 8.13. The standard InChI is InChI=1S/C18H18ClN5O/c1-10-3-6-13(19)9-15(10)16-22-17(20)24-18(23-16)21-14-7-4-12(5-8-14)11(2)25/h3-9,11,25H,1-2H3,(H3,20,21,22,23,24). The van der Waals surface area contributed by atoms with Gasteiger partial charge in [-0.2, -0.15) is 15.0 Å². The highest BCUT2D eigenvalue weighted by Gasteiger charge is 2.10. The van der Waals surface area contributed by atoms with Crippen LogP contribution in [-0.2, 0) is 0 Å². The summed E-state index contributed by atoms with van der Waals surface area (Å²) in [5.41, 5.74) is 9.23. The molecule has 0 aliphatic rings. The van der Waals surface area contributed by atoms with E-state index in [9.17, 15) is 5.11 Å². The lowest BCUT2D eigenvalue weighted by molar-refractivity contribution is 0.199. The molecule has 0 amide bonds. The lowest BCUT2D eigenvalue weighted by atomic mass is 10.1. The number of aromatic nitrogens is 3. The van der Waals surface area contributed by atoms with Gasteiger partial charge in [0, 0.05) is 16.3 Å². The molecule has 6 nitrogen and oxygen atoms in total. The summed E-state index contributed by atoms with van der Waals surface area (Å²) >= 11 is 6.08. The molecule has 1 unspecified atom stereocenters. The Morgan fingerprint density at radius 2 is 1.80 bits per heavy atom. The van der Waals surface area contributed by atoms with Crippen molar-refractivity contribution in [1.29, 1.82) is 0 Å². The van der Waals surface area contributed by atoms with Crippen LogP contribution < -0.4 is 11.1 Å². The van der Waals surface area contributed by atoms with Gasteiger partial charge in [-0.15, -0.1) is 0 Å². The van der Waals surface area contributed by atoms with E-state index in [1.807, 2.05) is 43.3 Å². The number of hydrogen-bond donors (Lipinski definition) is 3. The zero-order chi connectivity index (χ0) is 18.0. The monoisotopic (exact) mass is 355 g/mol. The first-order chi connectivity index (χ1) is 11.9. The molecule has 0 aliphatic heterocycles. The first-order valence-electron chi connectivity index (χ1n) is 7.75. The van der Waals surface area contributed by atoms with E-state index in [1.165, 1.54) is 0 Å². The predicted molar refractivity (Wildman–Crippen MR) is 99.8 cm³/mol. The summed E-state index contributed by atoms with van der Waals surface area (Å²) in [5, 5.41) is 13.3. The highest BCUT2D eigenvalue weighted by molar-refractivity contribution is 6.30. The average Bonchev–Trinajstić information content (AvgIpc) is 2.57. The van der Waals surface area contributed by atoms with Crippen LogP contribution in [0.1, 0.15) is 24.2 Å². The van der Waals surface area contributed by atoms with Crippen molar-refractivity contribution in [3.63, 3.8) is 0 Å². The Labute approximate surface area is 150 Å². The van der Waals surface area contributed by atoms with Gasteiger partial charge in [0.25, 0.3) is 0 Å². The molecule has 2 aromatic carbocycles. The molecule has 1 heterocycles. The molecule has 1 aromatic heterocycles. The van der Waals surface area contributed by atoms with E-state index in [0.717, 1.165) is 22.4 Å². The van der Waals surface area contributed by atoms with Crippen LogP contribution in [0, 0.1) is 6.92 Å². The number of hydrogen-bond acceptors (Lipinski definition) is 6. The van der Waals surface area contributed by atoms with Gasteiger partial charge >= 0.3 is 0 Å². The van der Waals surface area contributed by atoms with Gasteiger partial charge in [0.15, 0.2) is 5.82 Å². The molecule has 0 saturated carbocycles. The Morgan fingerprint density at radius 1 is 1.08 bits per heavy atom. The van der Waals surface area contributed by atoms with Crippen molar-refractivity contribution < 1.29 is 5.11 Å². The maximum atomic E-state index is 9.57. The highest BCUT2D eigenvalue weighted by Crippen LogP contribution is 2.26. The number of rotatable bonds is 4. The smallest absolute Gasteiger partial charge is 0.232 e. The van der Waals surface area contributed by atoms with E-state index in [4.69, 9.17) is 17.3 Å². The molecular formula is C18H18ClN5O. The largest absolute Gasteiger partial charge is 0.389 e. The van der Waals surface area contributed by atoms with Gasteiger partial charge < -0.3 is 16.2 Å². The van der Waals surface area contributed by atoms with Crippen molar-refractivity contribution in [2.24, 2.45) is 0 Å². The molecule has 3 aromatic rings. The SMILES string of the molecule is Cc1ccc(Cl)cc1-c1nc(N)nc(Nc2ccc(C(C)O)cc2)n1. The summed E-state index contributed by atoms with van der Waals surface area (Å²) < 4.78 is 0. The van der Waals surface area contributed by atoms with Gasteiger partial charge in [0.2, 0.25) is 11.9 Å². The Hall–Kier alpha value is -2.70. The predicted octanol–water partition coefficient (Wildman–Crippen LogP) is 3.88. The van der Waals surface area contributed by atoms with Gasteiger partial charge in [-0.3, -0.25) is 0 Å². The van der Waals surface area contributed by atoms with Crippen LogP contribution in [0.4, 0.5) is 17.6 Å². The van der Waals surface area contributed by atoms with Crippen LogP contribution in [0.3, 0.4) is 0 Å². The summed E-state index contributed by atoms with van der Waals surface area (Å²) in [6.07, 6.45) is -0.515. The van der Waals surface area contributed by atoms with Crippen LogP contribution in [-0.4, -0.2) is 20.1 Å². The topological polar surface area (TPSA) is 97.0 Å². The van der Waals surface area contributed by atoms with Crippen molar-refractivity contribution >= 4 is 29.2 Å². The summed E-state index contributed by atoms with van der Waals surface area (Å²) in [6, 6.07) is 12.9. The van der Waals surface area contributed by atoms with Crippen LogP contribution in [0.5, 0.6) is 0 Å². The number of anilines is 3. The number of nitrogens with zero attached hydrogens (tertiary/aromatic N) is 3. The summed E-state index contributed by atoms with van der Waals surface area (Å²) in [7, 11) is 0.